The summed E-state index contributed by atoms with van der Waals surface area (Å²) in [5, 5.41) is 12.1. The molecule has 3 aromatic rings. The second-order valence-corrected chi connectivity index (χ2v) is 16.7. The van der Waals surface area contributed by atoms with E-state index in [2.05, 4.69) is 19.6 Å². The van der Waals surface area contributed by atoms with Crippen LogP contribution in [0.1, 0.15) is 67.9 Å². The van der Waals surface area contributed by atoms with Crippen molar-refractivity contribution in [3.05, 3.63) is 65.2 Å². The fourth-order valence-electron chi connectivity index (χ4n) is 8.45. The number of likely N-dealkylation sites (tertiary alicyclic amines) is 1. The van der Waals surface area contributed by atoms with Crippen molar-refractivity contribution >= 4 is 16.0 Å². The van der Waals surface area contributed by atoms with Crippen molar-refractivity contribution in [3.63, 3.8) is 0 Å². The van der Waals surface area contributed by atoms with E-state index in [1.165, 1.54) is 18.2 Å². The topological polar surface area (TPSA) is 117 Å². The Hall–Kier alpha value is -3.30. The van der Waals surface area contributed by atoms with Gasteiger partial charge < -0.3 is 19.5 Å². The van der Waals surface area contributed by atoms with Gasteiger partial charge in [0.15, 0.2) is 0 Å². The zero-order valence-corrected chi connectivity index (χ0v) is 30.1. The zero-order chi connectivity index (χ0) is 36.2. The fraction of sp³-hybridized carbons (Fsp3) is 0.568. The number of aliphatic hydroxyl groups is 1. The van der Waals surface area contributed by atoms with E-state index in [4.69, 9.17) is 9.47 Å². The number of nitrogens with one attached hydrogen (secondary N) is 1. The molecule has 1 spiro atoms. The summed E-state index contributed by atoms with van der Waals surface area (Å²) < 4.78 is 85.3. The second kappa shape index (κ2) is 13.6. The van der Waals surface area contributed by atoms with Gasteiger partial charge >= 0.3 is 6.18 Å². The van der Waals surface area contributed by atoms with Crippen LogP contribution >= 0.6 is 0 Å². The number of halogens is 3. The monoisotopic (exact) mass is 729 g/mol. The van der Waals surface area contributed by atoms with E-state index >= 15 is 0 Å². The van der Waals surface area contributed by atoms with Crippen molar-refractivity contribution in [1.82, 2.24) is 19.8 Å². The number of methoxy groups -OCH3 is 1. The van der Waals surface area contributed by atoms with Gasteiger partial charge in [0.1, 0.15) is 12.8 Å². The molecule has 3 fully saturated rings. The summed E-state index contributed by atoms with van der Waals surface area (Å²) in [6.45, 7) is 6.96. The normalized spacial score (nSPS) is 24.7. The molecular weight excluding hydrogens is 683 g/mol. The van der Waals surface area contributed by atoms with E-state index in [1.807, 2.05) is 32.0 Å². The highest BCUT2D eigenvalue weighted by molar-refractivity contribution is 7.92. The average Bonchev–Trinajstić information content (AvgIpc) is 3.86. The Morgan fingerprint density at radius 2 is 1.71 bits per heavy atom. The predicted octanol–water partition coefficient (Wildman–Crippen LogP) is 6.24. The van der Waals surface area contributed by atoms with Crippen LogP contribution in [0.15, 0.2) is 53.4 Å². The lowest BCUT2D eigenvalue weighted by Crippen LogP contribution is -2.59. The van der Waals surface area contributed by atoms with Crippen LogP contribution in [0.4, 0.5) is 19.1 Å². The first-order valence-corrected chi connectivity index (χ1v) is 19.1. The number of aromatic nitrogens is 2. The van der Waals surface area contributed by atoms with Crippen LogP contribution in [0.25, 0.3) is 11.3 Å². The van der Waals surface area contributed by atoms with E-state index in [0.717, 1.165) is 49.2 Å². The molecule has 1 unspecified atom stereocenters. The number of benzene rings is 2. The molecule has 2 N–H and O–H groups in total. The van der Waals surface area contributed by atoms with Gasteiger partial charge in [0.2, 0.25) is 11.8 Å². The number of anilines is 1. The summed E-state index contributed by atoms with van der Waals surface area (Å²) in [6, 6.07) is 12.2. The highest BCUT2D eigenvalue weighted by Gasteiger charge is 2.64. The standard InChI is InChI=1S/C37H46F3N5O5S/c1-24-6-4-7-25(2)32(24)30-19-31-42-34(41-30)43-51(47,48)29-9-5-8-26(18-29)33(46)45(28(23-50-31)22-36(10-11-36)37(38,39)40)27-20-35(21-27)12-14-44(15-13-35)16-17-49-3/h4-9,18-19,27-28,33,46H,10-17,20-23H2,1-3H3,(H,41,42,43)/t28-,33?/m1/s1. The van der Waals surface area contributed by atoms with Gasteiger partial charge in [-0.15, -0.1) is 0 Å². The third-order valence-electron chi connectivity index (χ3n) is 11.6. The molecule has 4 bridgehead atoms. The molecule has 4 aliphatic rings. The van der Waals surface area contributed by atoms with Gasteiger partial charge in [-0.05, 0) is 106 Å². The maximum atomic E-state index is 14.6. The number of alkyl halides is 3. The third-order valence-corrected chi connectivity index (χ3v) is 13.0. The molecule has 2 aliphatic carbocycles. The fourth-order valence-corrected chi connectivity index (χ4v) is 9.45. The summed E-state index contributed by atoms with van der Waals surface area (Å²) in [6.07, 6.45) is -2.71. The summed E-state index contributed by atoms with van der Waals surface area (Å²) in [4.78, 5) is 13.0. The van der Waals surface area contributed by atoms with Crippen molar-refractivity contribution in [1.29, 1.82) is 0 Å². The number of ether oxygens (including phenoxy) is 2. The molecule has 14 heteroatoms. The molecule has 0 radical (unpaired) electrons. The first-order valence-electron chi connectivity index (χ1n) is 17.7. The van der Waals surface area contributed by atoms with Gasteiger partial charge in [-0.3, -0.25) is 4.90 Å². The molecule has 3 heterocycles. The number of aryl methyl sites for hydroxylation is 2. The highest BCUT2D eigenvalue weighted by atomic mass is 32.2. The quantitative estimate of drug-likeness (QED) is 0.292. The number of rotatable bonds is 7. The summed E-state index contributed by atoms with van der Waals surface area (Å²) in [5.74, 6) is -0.202. The molecule has 0 amide bonds. The van der Waals surface area contributed by atoms with E-state index < -0.39 is 33.9 Å². The number of fused-ring (bicyclic) bond motifs is 4. The molecule has 1 aromatic heterocycles. The molecule has 2 atom stereocenters. The molecule has 7 rings (SSSR count). The van der Waals surface area contributed by atoms with Crippen molar-refractivity contribution in [2.24, 2.45) is 10.8 Å². The van der Waals surface area contributed by atoms with Crippen molar-refractivity contribution < 1.29 is 36.2 Å². The average molecular weight is 730 g/mol. The lowest BCUT2D eigenvalue weighted by Gasteiger charge is -2.57. The minimum Gasteiger partial charge on any atom is -0.476 e. The molecule has 2 saturated carbocycles. The first kappa shape index (κ1) is 36.1. The first-order chi connectivity index (χ1) is 24.2. The molecule has 1 saturated heterocycles. The SMILES string of the molecule is COCCN1CCC2(CC1)CC(N1C(O)c3cccc(c3)S(=O)(=O)Nc3nc(cc(-c4c(C)cccc4C)n3)OC[C@H]1CC1(C(F)(F)F)CC1)C2. The largest absolute Gasteiger partial charge is 0.476 e. The Bertz CT molecular complexity index is 1830. The minimum absolute atomic E-state index is 0.00879. The van der Waals surface area contributed by atoms with Crippen molar-refractivity contribution in [2.75, 3.05) is 44.7 Å². The van der Waals surface area contributed by atoms with Crippen LogP contribution in [0, 0.1) is 24.7 Å². The van der Waals surface area contributed by atoms with Crippen LogP contribution in [-0.4, -0.2) is 91.5 Å². The summed E-state index contributed by atoms with van der Waals surface area (Å²) in [7, 11) is -2.55. The Morgan fingerprint density at radius 3 is 2.35 bits per heavy atom. The molecule has 51 heavy (non-hydrogen) atoms. The molecule has 2 aliphatic heterocycles. The van der Waals surface area contributed by atoms with Crippen LogP contribution in [0.3, 0.4) is 0 Å². The van der Waals surface area contributed by atoms with Gasteiger partial charge in [-0.1, -0.05) is 30.3 Å². The van der Waals surface area contributed by atoms with E-state index in [9.17, 15) is 26.7 Å². The van der Waals surface area contributed by atoms with Crippen LogP contribution in [0.2, 0.25) is 0 Å². The lowest BCUT2D eigenvalue weighted by atomic mass is 9.59. The predicted molar refractivity (Wildman–Crippen MR) is 186 cm³/mol. The summed E-state index contributed by atoms with van der Waals surface area (Å²) in [5.41, 5.74) is 1.40. The van der Waals surface area contributed by atoms with Crippen molar-refractivity contribution in [3.8, 4) is 17.1 Å². The Morgan fingerprint density at radius 1 is 1.02 bits per heavy atom. The number of piperidine rings is 1. The second-order valence-electron chi connectivity index (χ2n) is 15.0. The van der Waals surface area contributed by atoms with Gasteiger partial charge in [0.05, 0.1) is 22.6 Å². The van der Waals surface area contributed by atoms with Crippen LogP contribution in [-0.2, 0) is 14.8 Å². The van der Waals surface area contributed by atoms with E-state index in [-0.39, 0.29) is 59.6 Å². The maximum absolute atomic E-state index is 14.6. The van der Waals surface area contributed by atoms with Gasteiger partial charge in [0, 0.05) is 37.4 Å². The third kappa shape index (κ3) is 7.22. The molecule has 2 aromatic carbocycles. The van der Waals surface area contributed by atoms with E-state index in [0.29, 0.717) is 25.1 Å². The van der Waals surface area contributed by atoms with E-state index in [1.54, 1.807) is 24.1 Å². The zero-order valence-electron chi connectivity index (χ0n) is 29.2. The van der Waals surface area contributed by atoms with Gasteiger partial charge in [-0.25, -0.2) is 18.1 Å². The molecule has 10 nitrogen and oxygen atoms in total. The summed E-state index contributed by atoms with van der Waals surface area (Å²) >= 11 is 0. The van der Waals surface area contributed by atoms with Gasteiger partial charge in [0.25, 0.3) is 10.0 Å². The Labute approximate surface area is 297 Å². The number of nitrogens with zero attached hydrogens (tertiary/aromatic N) is 4. The number of sulfonamides is 1. The Balaban J connectivity index is 1.29. The van der Waals surface area contributed by atoms with Crippen molar-refractivity contribution in [2.45, 2.75) is 88.2 Å². The molecule has 276 valence electrons. The Kier molecular flexibility index (Phi) is 9.62. The number of aliphatic hydroxyl groups excluding tert-OH is 1. The molecular formula is C37H46F3N5O5S. The van der Waals surface area contributed by atoms with Crippen LogP contribution in [0.5, 0.6) is 5.88 Å². The number of hydrogen-bond acceptors (Lipinski definition) is 9. The van der Waals surface area contributed by atoms with Crippen LogP contribution < -0.4 is 9.46 Å². The lowest BCUT2D eigenvalue weighted by molar-refractivity contribution is -0.202. The highest BCUT2D eigenvalue weighted by Crippen LogP contribution is 2.62. The number of hydrogen-bond donors (Lipinski definition) is 2. The minimum atomic E-state index is -4.42. The van der Waals surface area contributed by atoms with Gasteiger partial charge in [-0.2, -0.15) is 18.2 Å². The smallest absolute Gasteiger partial charge is 0.394 e. The maximum Gasteiger partial charge on any atom is 0.394 e.